The monoisotopic (exact) mass is 324 g/mol. The van der Waals surface area contributed by atoms with E-state index in [1.54, 1.807) is 6.92 Å². The molecule has 0 bridgehead atoms. The summed E-state index contributed by atoms with van der Waals surface area (Å²) in [6.07, 6.45) is 2.88. The lowest BCUT2D eigenvalue weighted by atomic mass is 10.3. The fourth-order valence-electron chi connectivity index (χ4n) is 0.843. The molecule has 86 valence electrons. The third-order valence-corrected chi connectivity index (χ3v) is 2.53. The van der Waals surface area contributed by atoms with Crippen LogP contribution in [0, 0.1) is 0 Å². The van der Waals surface area contributed by atoms with Crippen molar-refractivity contribution >= 4 is 51.2 Å². The Bertz CT molecular complexity index is 438. The van der Waals surface area contributed by atoms with Crippen LogP contribution in [0.2, 0.25) is 10.4 Å². The number of esters is 1. The summed E-state index contributed by atoms with van der Waals surface area (Å²) in [6, 6.07) is 0. The van der Waals surface area contributed by atoms with Crippen LogP contribution in [0.25, 0.3) is 6.08 Å². The highest BCUT2D eigenvalue weighted by molar-refractivity contribution is 9.12. The molecule has 0 spiro atoms. The lowest BCUT2D eigenvalue weighted by Gasteiger charge is -2.01. The van der Waals surface area contributed by atoms with Crippen LogP contribution in [-0.2, 0) is 9.53 Å². The van der Waals surface area contributed by atoms with Crippen molar-refractivity contribution in [1.82, 2.24) is 9.97 Å². The van der Waals surface area contributed by atoms with Gasteiger partial charge in [-0.15, -0.1) is 0 Å². The summed E-state index contributed by atoms with van der Waals surface area (Å²) in [7, 11) is 0. The van der Waals surface area contributed by atoms with Crippen LogP contribution in [0.1, 0.15) is 12.5 Å². The van der Waals surface area contributed by atoms with Gasteiger partial charge in [-0.05, 0) is 40.5 Å². The normalized spacial score (nSPS) is 11.4. The van der Waals surface area contributed by atoms with Gasteiger partial charge in [-0.25, -0.2) is 14.8 Å². The number of nitrogens with zero attached hydrogens (tertiary/aromatic N) is 2. The molecule has 16 heavy (non-hydrogen) atoms. The van der Waals surface area contributed by atoms with E-state index in [1.165, 1.54) is 12.3 Å². The minimum absolute atomic E-state index is 0.0504. The predicted molar refractivity (Wildman–Crippen MR) is 65.6 cm³/mol. The summed E-state index contributed by atoms with van der Waals surface area (Å²) in [5.74, 6) is -0.478. The Morgan fingerprint density at radius 3 is 2.88 bits per heavy atom. The van der Waals surface area contributed by atoms with E-state index in [0.717, 1.165) is 0 Å². The first-order chi connectivity index (χ1) is 7.54. The van der Waals surface area contributed by atoms with E-state index in [-0.39, 0.29) is 14.9 Å². The van der Waals surface area contributed by atoms with Crippen molar-refractivity contribution < 1.29 is 9.53 Å². The molecule has 1 aromatic rings. The number of hydrogen-bond donors (Lipinski definition) is 0. The molecule has 4 nitrogen and oxygen atoms in total. The van der Waals surface area contributed by atoms with Crippen LogP contribution >= 0.6 is 39.1 Å². The van der Waals surface area contributed by atoms with Crippen LogP contribution in [0.15, 0.2) is 10.7 Å². The zero-order chi connectivity index (χ0) is 12.1. The average molecular weight is 326 g/mol. The fourth-order valence-corrected chi connectivity index (χ4v) is 1.56. The number of carbonyl (C=O) groups is 1. The highest BCUT2D eigenvalue weighted by atomic mass is 79.9. The van der Waals surface area contributed by atoms with Gasteiger partial charge >= 0.3 is 5.97 Å². The smallest absolute Gasteiger partial charge is 0.345 e. The molecule has 1 heterocycles. The molecular formula is C9H7BrCl2N2O2. The van der Waals surface area contributed by atoms with Gasteiger partial charge in [0.1, 0.15) is 9.64 Å². The van der Waals surface area contributed by atoms with Crippen molar-refractivity contribution in [2.45, 2.75) is 6.92 Å². The molecule has 0 saturated carbocycles. The van der Waals surface area contributed by atoms with Crippen LogP contribution in [0.3, 0.4) is 0 Å². The van der Waals surface area contributed by atoms with Crippen LogP contribution < -0.4 is 0 Å². The first-order valence-electron chi connectivity index (χ1n) is 4.27. The van der Waals surface area contributed by atoms with Gasteiger partial charge in [0, 0.05) is 11.8 Å². The van der Waals surface area contributed by atoms with E-state index in [9.17, 15) is 4.79 Å². The molecule has 0 fully saturated rings. The summed E-state index contributed by atoms with van der Waals surface area (Å²) in [4.78, 5) is 18.8. The number of aromatic nitrogens is 2. The second-order valence-electron chi connectivity index (χ2n) is 2.60. The number of rotatable bonds is 3. The van der Waals surface area contributed by atoms with E-state index in [4.69, 9.17) is 27.9 Å². The summed E-state index contributed by atoms with van der Waals surface area (Å²) in [5, 5.41) is 0.218. The standard InChI is InChI=1S/C9H7BrCl2N2O2/c1-2-16-8(15)6(10)3-5-4-13-9(12)14-7(5)11/h3-4H,2H2,1H3/b6-3-. The highest BCUT2D eigenvalue weighted by Crippen LogP contribution is 2.20. The van der Waals surface area contributed by atoms with Gasteiger partial charge in [0.05, 0.1) is 6.61 Å². The molecule has 0 radical (unpaired) electrons. The Labute approximate surface area is 111 Å². The molecule has 7 heteroatoms. The van der Waals surface area contributed by atoms with Crippen LogP contribution in [-0.4, -0.2) is 22.5 Å². The van der Waals surface area contributed by atoms with Crippen molar-refractivity contribution in [2.24, 2.45) is 0 Å². The third kappa shape index (κ3) is 3.73. The molecule has 1 aromatic heterocycles. The van der Waals surface area contributed by atoms with Crippen molar-refractivity contribution in [3.63, 3.8) is 0 Å². The highest BCUT2D eigenvalue weighted by Gasteiger charge is 2.09. The summed E-state index contributed by atoms with van der Waals surface area (Å²) in [6.45, 7) is 2.02. The maximum atomic E-state index is 11.3. The molecule has 0 aromatic carbocycles. The molecule has 0 amide bonds. The summed E-state index contributed by atoms with van der Waals surface area (Å²) < 4.78 is 5.01. The lowest BCUT2D eigenvalue weighted by molar-refractivity contribution is -0.137. The molecule has 0 unspecified atom stereocenters. The quantitative estimate of drug-likeness (QED) is 0.371. The number of hydrogen-bond acceptors (Lipinski definition) is 4. The number of halogens is 3. The Morgan fingerprint density at radius 1 is 1.62 bits per heavy atom. The van der Waals surface area contributed by atoms with Gasteiger partial charge in [0.15, 0.2) is 0 Å². The van der Waals surface area contributed by atoms with Crippen molar-refractivity contribution in [2.75, 3.05) is 6.61 Å². The van der Waals surface area contributed by atoms with E-state index in [0.29, 0.717) is 12.2 Å². The maximum absolute atomic E-state index is 11.3. The Hall–Kier alpha value is -0.650. The second-order valence-corrected chi connectivity index (χ2v) is 4.15. The summed E-state index contributed by atoms with van der Waals surface area (Å²) >= 11 is 14.4. The average Bonchev–Trinajstić information content (AvgIpc) is 2.22. The Morgan fingerprint density at radius 2 is 2.31 bits per heavy atom. The molecule has 0 N–H and O–H groups in total. The SMILES string of the molecule is CCOC(=O)/C(Br)=C/c1cnc(Cl)nc1Cl. The van der Waals surface area contributed by atoms with Gasteiger partial charge in [-0.3, -0.25) is 0 Å². The lowest BCUT2D eigenvalue weighted by Crippen LogP contribution is -2.03. The minimum Gasteiger partial charge on any atom is -0.462 e. The van der Waals surface area contributed by atoms with Crippen LogP contribution in [0.5, 0.6) is 0 Å². The minimum atomic E-state index is -0.478. The third-order valence-electron chi connectivity index (χ3n) is 1.49. The van der Waals surface area contributed by atoms with Gasteiger partial charge in [0.2, 0.25) is 5.28 Å². The second kappa shape index (κ2) is 6.18. The zero-order valence-electron chi connectivity index (χ0n) is 8.21. The largest absolute Gasteiger partial charge is 0.462 e. The van der Waals surface area contributed by atoms with E-state index >= 15 is 0 Å². The zero-order valence-corrected chi connectivity index (χ0v) is 11.3. The molecule has 0 aliphatic heterocycles. The fraction of sp³-hybridized carbons (Fsp3) is 0.222. The Kier molecular flexibility index (Phi) is 5.18. The maximum Gasteiger partial charge on any atom is 0.345 e. The van der Waals surface area contributed by atoms with Crippen molar-refractivity contribution in [3.8, 4) is 0 Å². The molecule has 0 aliphatic carbocycles. The van der Waals surface area contributed by atoms with Gasteiger partial charge in [-0.2, -0.15) is 0 Å². The first kappa shape index (κ1) is 13.4. The van der Waals surface area contributed by atoms with Crippen molar-refractivity contribution in [1.29, 1.82) is 0 Å². The van der Waals surface area contributed by atoms with Crippen molar-refractivity contribution in [3.05, 3.63) is 26.7 Å². The molecular weight excluding hydrogens is 319 g/mol. The molecule has 0 aliphatic rings. The van der Waals surface area contributed by atoms with Gasteiger partial charge < -0.3 is 4.74 Å². The molecule has 0 saturated heterocycles. The molecule has 0 atom stereocenters. The number of ether oxygens (including phenoxy) is 1. The van der Waals surface area contributed by atoms with E-state index in [2.05, 4.69) is 25.9 Å². The summed E-state index contributed by atoms with van der Waals surface area (Å²) in [5.41, 5.74) is 0.478. The Balaban J connectivity index is 2.94. The first-order valence-corrected chi connectivity index (χ1v) is 5.81. The molecule has 1 rings (SSSR count). The van der Waals surface area contributed by atoms with Gasteiger partial charge in [-0.1, -0.05) is 11.6 Å². The number of carbonyl (C=O) groups excluding carboxylic acids is 1. The van der Waals surface area contributed by atoms with E-state index < -0.39 is 5.97 Å². The topological polar surface area (TPSA) is 52.1 Å². The van der Waals surface area contributed by atoms with Gasteiger partial charge in [0.25, 0.3) is 0 Å². The predicted octanol–water partition coefficient (Wildman–Crippen LogP) is 3.08. The van der Waals surface area contributed by atoms with Crippen LogP contribution in [0.4, 0.5) is 0 Å². The van der Waals surface area contributed by atoms with E-state index in [1.807, 2.05) is 0 Å².